The molecular formula is C22H26N2O2S. The Hall–Kier alpha value is -2.27. The van der Waals surface area contributed by atoms with Gasteiger partial charge in [0.2, 0.25) is 0 Å². The first-order valence-electron chi connectivity index (χ1n) is 9.79. The molecule has 0 amide bonds. The fraction of sp³-hybridized carbons (Fsp3) is 0.409. The second-order valence-corrected chi connectivity index (χ2v) is 7.46. The molecule has 0 aliphatic carbocycles. The maximum atomic E-state index is 5.87. The van der Waals surface area contributed by atoms with Crippen LogP contribution in [-0.2, 0) is 6.42 Å². The maximum Gasteiger partial charge on any atom is 0.169 e. The molecule has 4 nitrogen and oxygen atoms in total. The number of nitrogens with zero attached hydrogens (tertiary/aromatic N) is 1. The molecule has 0 aromatic heterocycles. The SMILES string of the molecule is S=C(NCCc1ccccc1)N1CCC[C@H]1c1ccc2c(c1)OCCCO2. The van der Waals surface area contributed by atoms with E-state index in [1.807, 2.05) is 12.1 Å². The van der Waals surface area contributed by atoms with E-state index < -0.39 is 0 Å². The van der Waals surface area contributed by atoms with Crippen molar-refractivity contribution in [1.29, 1.82) is 0 Å². The minimum atomic E-state index is 0.305. The van der Waals surface area contributed by atoms with Gasteiger partial charge in [-0.15, -0.1) is 0 Å². The first kappa shape index (κ1) is 18.1. The van der Waals surface area contributed by atoms with E-state index in [1.165, 1.54) is 11.1 Å². The Morgan fingerprint density at radius 1 is 1.04 bits per heavy atom. The van der Waals surface area contributed by atoms with Crippen molar-refractivity contribution in [2.45, 2.75) is 31.7 Å². The van der Waals surface area contributed by atoms with Crippen molar-refractivity contribution in [3.05, 3.63) is 59.7 Å². The molecule has 1 N–H and O–H groups in total. The minimum absolute atomic E-state index is 0.305. The average Bonchev–Trinajstić information content (AvgIpc) is 3.07. The summed E-state index contributed by atoms with van der Waals surface area (Å²) >= 11 is 5.71. The van der Waals surface area contributed by atoms with Gasteiger partial charge in [0.25, 0.3) is 0 Å². The van der Waals surface area contributed by atoms with Gasteiger partial charge in [-0.3, -0.25) is 0 Å². The second-order valence-electron chi connectivity index (χ2n) is 7.08. The topological polar surface area (TPSA) is 33.7 Å². The Morgan fingerprint density at radius 2 is 1.85 bits per heavy atom. The molecule has 1 fully saturated rings. The van der Waals surface area contributed by atoms with Crippen molar-refractivity contribution in [2.75, 3.05) is 26.3 Å². The Kier molecular flexibility index (Phi) is 5.78. The van der Waals surface area contributed by atoms with E-state index in [0.29, 0.717) is 12.6 Å². The van der Waals surface area contributed by atoms with Crippen LogP contribution in [0.1, 0.15) is 36.4 Å². The van der Waals surface area contributed by atoms with Crippen molar-refractivity contribution in [2.24, 2.45) is 0 Å². The summed E-state index contributed by atoms with van der Waals surface area (Å²) in [6.07, 6.45) is 4.16. The summed E-state index contributed by atoms with van der Waals surface area (Å²) in [5.41, 5.74) is 2.58. The van der Waals surface area contributed by atoms with Crippen molar-refractivity contribution in [3.8, 4) is 11.5 Å². The molecule has 1 saturated heterocycles. The molecule has 2 aromatic carbocycles. The molecule has 0 saturated carbocycles. The van der Waals surface area contributed by atoms with Crippen molar-refractivity contribution >= 4 is 17.3 Å². The monoisotopic (exact) mass is 382 g/mol. The van der Waals surface area contributed by atoms with E-state index >= 15 is 0 Å². The van der Waals surface area contributed by atoms with Crippen LogP contribution < -0.4 is 14.8 Å². The summed E-state index contributed by atoms with van der Waals surface area (Å²) in [6, 6.07) is 17.1. The zero-order chi connectivity index (χ0) is 18.5. The molecule has 0 radical (unpaired) electrons. The molecule has 2 heterocycles. The molecule has 0 spiro atoms. The number of fused-ring (bicyclic) bond motifs is 1. The number of likely N-dealkylation sites (tertiary alicyclic amines) is 1. The van der Waals surface area contributed by atoms with Crippen LogP contribution in [0.2, 0.25) is 0 Å². The van der Waals surface area contributed by atoms with Crippen LogP contribution in [0.4, 0.5) is 0 Å². The van der Waals surface area contributed by atoms with E-state index in [-0.39, 0.29) is 0 Å². The molecular weight excluding hydrogens is 356 g/mol. The zero-order valence-electron chi connectivity index (χ0n) is 15.5. The molecule has 0 unspecified atom stereocenters. The average molecular weight is 383 g/mol. The summed E-state index contributed by atoms with van der Waals surface area (Å²) < 4.78 is 11.6. The largest absolute Gasteiger partial charge is 0.490 e. The third-order valence-corrected chi connectivity index (χ3v) is 5.58. The van der Waals surface area contributed by atoms with Gasteiger partial charge in [-0.2, -0.15) is 0 Å². The maximum absolute atomic E-state index is 5.87. The highest BCUT2D eigenvalue weighted by molar-refractivity contribution is 7.80. The second kappa shape index (κ2) is 8.61. The van der Waals surface area contributed by atoms with Gasteiger partial charge in [0, 0.05) is 19.5 Å². The lowest BCUT2D eigenvalue weighted by molar-refractivity contribution is 0.296. The molecule has 1 atom stereocenters. The molecule has 2 aliphatic rings. The summed E-state index contributed by atoms with van der Waals surface area (Å²) in [5.74, 6) is 1.71. The lowest BCUT2D eigenvalue weighted by Crippen LogP contribution is -2.40. The van der Waals surface area contributed by atoms with Gasteiger partial charge in [-0.25, -0.2) is 0 Å². The number of rotatable bonds is 4. The van der Waals surface area contributed by atoms with Gasteiger partial charge in [-0.1, -0.05) is 36.4 Å². The number of hydrogen-bond donors (Lipinski definition) is 1. The highest BCUT2D eigenvalue weighted by atomic mass is 32.1. The van der Waals surface area contributed by atoms with Gasteiger partial charge in [0.15, 0.2) is 16.6 Å². The first-order valence-corrected chi connectivity index (χ1v) is 10.2. The Balaban J connectivity index is 1.39. The normalized spacial score (nSPS) is 18.8. The highest BCUT2D eigenvalue weighted by Gasteiger charge is 2.28. The molecule has 5 heteroatoms. The van der Waals surface area contributed by atoms with E-state index in [1.54, 1.807) is 0 Å². The lowest BCUT2D eigenvalue weighted by atomic mass is 10.0. The molecule has 2 aliphatic heterocycles. The van der Waals surface area contributed by atoms with Crippen molar-refractivity contribution < 1.29 is 9.47 Å². The number of nitrogens with one attached hydrogen (secondary N) is 1. The van der Waals surface area contributed by atoms with E-state index in [0.717, 1.165) is 62.0 Å². The quantitative estimate of drug-likeness (QED) is 0.805. The first-order chi connectivity index (χ1) is 13.3. The summed E-state index contributed by atoms with van der Waals surface area (Å²) in [6.45, 7) is 3.28. The van der Waals surface area contributed by atoms with Gasteiger partial charge >= 0.3 is 0 Å². The van der Waals surface area contributed by atoms with Crippen molar-refractivity contribution in [1.82, 2.24) is 10.2 Å². The predicted molar refractivity (Wildman–Crippen MR) is 111 cm³/mol. The number of benzene rings is 2. The van der Waals surface area contributed by atoms with Crippen LogP contribution in [0, 0.1) is 0 Å². The Morgan fingerprint density at radius 3 is 2.70 bits per heavy atom. The zero-order valence-corrected chi connectivity index (χ0v) is 16.3. The van der Waals surface area contributed by atoms with Crippen LogP contribution in [0.3, 0.4) is 0 Å². The minimum Gasteiger partial charge on any atom is -0.490 e. The van der Waals surface area contributed by atoms with Gasteiger partial charge < -0.3 is 19.7 Å². The Labute approximate surface area is 166 Å². The van der Waals surface area contributed by atoms with Crippen molar-refractivity contribution in [3.63, 3.8) is 0 Å². The molecule has 142 valence electrons. The van der Waals surface area contributed by atoms with Crippen LogP contribution in [0.25, 0.3) is 0 Å². The third-order valence-electron chi connectivity index (χ3n) is 5.20. The number of hydrogen-bond acceptors (Lipinski definition) is 3. The molecule has 4 rings (SSSR count). The summed E-state index contributed by atoms with van der Waals surface area (Å²) in [5, 5.41) is 4.29. The third kappa shape index (κ3) is 4.35. The van der Waals surface area contributed by atoms with Gasteiger partial charge in [-0.05, 0) is 54.7 Å². The smallest absolute Gasteiger partial charge is 0.169 e. The van der Waals surface area contributed by atoms with E-state index in [9.17, 15) is 0 Å². The highest BCUT2D eigenvalue weighted by Crippen LogP contribution is 2.37. The van der Waals surface area contributed by atoms with Gasteiger partial charge in [0.1, 0.15) is 0 Å². The van der Waals surface area contributed by atoms with Crippen LogP contribution in [-0.4, -0.2) is 36.3 Å². The van der Waals surface area contributed by atoms with E-state index in [4.69, 9.17) is 21.7 Å². The number of thiocarbonyl (C=S) groups is 1. The number of ether oxygens (including phenoxy) is 2. The summed E-state index contributed by atoms with van der Waals surface area (Å²) in [7, 11) is 0. The lowest BCUT2D eigenvalue weighted by Gasteiger charge is -2.28. The Bertz CT molecular complexity index is 781. The fourth-order valence-electron chi connectivity index (χ4n) is 3.80. The fourth-order valence-corrected chi connectivity index (χ4v) is 4.12. The van der Waals surface area contributed by atoms with Gasteiger partial charge in [0.05, 0.1) is 19.3 Å². The molecule has 0 bridgehead atoms. The summed E-state index contributed by atoms with van der Waals surface area (Å²) in [4.78, 5) is 2.32. The predicted octanol–water partition coefficient (Wildman–Crippen LogP) is 4.10. The molecule has 2 aromatic rings. The van der Waals surface area contributed by atoms with Crippen LogP contribution >= 0.6 is 12.2 Å². The van der Waals surface area contributed by atoms with Crippen LogP contribution in [0.15, 0.2) is 48.5 Å². The molecule has 27 heavy (non-hydrogen) atoms. The van der Waals surface area contributed by atoms with E-state index in [2.05, 4.69) is 46.6 Å². The van der Waals surface area contributed by atoms with Crippen LogP contribution in [0.5, 0.6) is 11.5 Å². The standard InChI is InChI=1S/C22H26N2O2S/c27-22(23-12-11-17-6-2-1-3-7-17)24-13-4-8-19(24)18-9-10-20-21(16-18)26-15-5-14-25-20/h1-3,6-7,9-10,16,19H,4-5,8,11-15H2,(H,23,27)/t19-/m0/s1.